The molecule has 3 amide bonds. The van der Waals surface area contributed by atoms with E-state index in [0.29, 0.717) is 6.54 Å². The van der Waals surface area contributed by atoms with Gasteiger partial charge in [0.2, 0.25) is 5.91 Å². The fourth-order valence-corrected chi connectivity index (χ4v) is 1.40. The standard InChI is InChI=1S/C13H17F2N3O2/c1-3-6-16-12(19)8(2)17-13(20)18-9-4-5-10(14)11(15)7-9/h4-5,7-8H,3,6H2,1-2H3,(H,16,19)(H2,17,18,20). The van der Waals surface area contributed by atoms with E-state index < -0.39 is 23.7 Å². The summed E-state index contributed by atoms with van der Waals surface area (Å²) in [4.78, 5) is 23.1. The summed E-state index contributed by atoms with van der Waals surface area (Å²) in [6.45, 7) is 3.96. The number of hydrogen-bond donors (Lipinski definition) is 3. The lowest BCUT2D eigenvalue weighted by atomic mass is 10.3. The van der Waals surface area contributed by atoms with Crippen LogP contribution in [0.25, 0.3) is 0 Å². The van der Waals surface area contributed by atoms with Crippen LogP contribution in [0.4, 0.5) is 19.3 Å². The highest BCUT2D eigenvalue weighted by molar-refractivity contribution is 5.93. The molecule has 0 spiro atoms. The maximum Gasteiger partial charge on any atom is 0.319 e. The van der Waals surface area contributed by atoms with Crippen molar-refractivity contribution in [3.8, 4) is 0 Å². The lowest BCUT2D eigenvalue weighted by Crippen LogP contribution is -2.46. The number of benzene rings is 1. The Labute approximate surface area is 115 Å². The van der Waals surface area contributed by atoms with E-state index in [1.165, 1.54) is 13.0 Å². The first-order valence-electron chi connectivity index (χ1n) is 6.24. The van der Waals surface area contributed by atoms with E-state index in [9.17, 15) is 18.4 Å². The molecule has 1 aromatic carbocycles. The summed E-state index contributed by atoms with van der Waals surface area (Å²) in [5.74, 6) is -2.37. The summed E-state index contributed by atoms with van der Waals surface area (Å²) in [5, 5.41) is 7.33. The molecule has 0 aromatic heterocycles. The van der Waals surface area contributed by atoms with E-state index in [1.54, 1.807) is 0 Å². The van der Waals surface area contributed by atoms with E-state index in [-0.39, 0.29) is 11.6 Å². The zero-order valence-corrected chi connectivity index (χ0v) is 11.3. The molecular weight excluding hydrogens is 268 g/mol. The monoisotopic (exact) mass is 285 g/mol. The van der Waals surface area contributed by atoms with E-state index in [1.807, 2.05) is 6.92 Å². The Morgan fingerprint density at radius 3 is 2.55 bits per heavy atom. The van der Waals surface area contributed by atoms with Gasteiger partial charge in [0.05, 0.1) is 0 Å². The topological polar surface area (TPSA) is 70.2 Å². The van der Waals surface area contributed by atoms with Crippen molar-refractivity contribution in [1.29, 1.82) is 0 Å². The third-order valence-corrected chi connectivity index (χ3v) is 2.47. The van der Waals surface area contributed by atoms with Gasteiger partial charge in [-0.3, -0.25) is 4.79 Å². The van der Waals surface area contributed by atoms with Crippen LogP contribution in [0.15, 0.2) is 18.2 Å². The number of urea groups is 1. The van der Waals surface area contributed by atoms with Crippen molar-refractivity contribution in [3.63, 3.8) is 0 Å². The first-order chi connectivity index (χ1) is 9.43. The summed E-state index contributed by atoms with van der Waals surface area (Å²) in [6, 6.07) is 1.58. The second kappa shape index (κ2) is 7.42. The van der Waals surface area contributed by atoms with Crippen molar-refractivity contribution >= 4 is 17.6 Å². The average molecular weight is 285 g/mol. The largest absolute Gasteiger partial charge is 0.354 e. The number of nitrogens with one attached hydrogen (secondary N) is 3. The van der Waals surface area contributed by atoms with Gasteiger partial charge < -0.3 is 16.0 Å². The summed E-state index contributed by atoms with van der Waals surface area (Å²) in [6.07, 6.45) is 0.791. The first-order valence-corrected chi connectivity index (χ1v) is 6.24. The van der Waals surface area contributed by atoms with Crippen LogP contribution >= 0.6 is 0 Å². The molecule has 0 saturated heterocycles. The van der Waals surface area contributed by atoms with Crippen molar-refractivity contribution < 1.29 is 18.4 Å². The predicted molar refractivity (Wildman–Crippen MR) is 71.3 cm³/mol. The molecule has 0 aliphatic heterocycles. The van der Waals surface area contributed by atoms with E-state index in [0.717, 1.165) is 18.6 Å². The molecule has 0 radical (unpaired) electrons. The Morgan fingerprint density at radius 2 is 1.95 bits per heavy atom. The second-order valence-electron chi connectivity index (χ2n) is 4.24. The molecule has 1 aromatic rings. The number of amides is 3. The van der Waals surface area contributed by atoms with Crippen LogP contribution in [0, 0.1) is 11.6 Å². The molecule has 3 N–H and O–H groups in total. The molecule has 20 heavy (non-hydrogen) atoms. The van der Waals surface area contributed by atoms with Crippen molar-refractivity contribution in [2.45, 2.75) is 26.3 Å². The van der Waals surface area contributed by atoms with Gasteiger partial charge >= 0.3 is 6.03 Å². The molecule has 0 fully saturated rings. The minimum absolute atomic E-state index is 0.0996. The van der Waals surface area contributed by atoms with Crippen LogP contribution in [0.5, 0.6) is 0 Å². The fraction of sp³-hybridized carbons (Fsp3) is 0.385. The van der Waals surface area contributed by atoms with Gasteiger partial charge in [-0.2, -0.15) is 0 Å². The zero-order chi connectivity index (χ0) is 15.1. The van der Waals surface area contributed by atoms with Crippen LogP contribution in [0.3, 0.4) is 0 Å². The second-order valence-corrected chi connectivity index (χ2v) is 4.24. The van der Waals surface area contributed by atoms with Gasteiger partial charge in [-0.15, -0.1) is 0 Å². The highest BCUT2D eigenvalue weighted by Crippen LogP contribution is 2.12. The Kier molecular flexibility index (Phi) is 5.89. The molecular formula is C13H17F2N3O2. The maximum absolute atomic E-state index is 12.9. The van der Waals surface area contributed by atoms with Gasteiger partial charge in [-0.05, 0) is 25.5 Å². The highest BCUT2D eigenvalue weighted by Gasteiger charge is 2.15. The maximum atomic E-state index is 12.9. The quantitative estimate of drug-likeness (QED) is 0.774. The SMILES string of the molecule is CCCNC(=O)C(C)NC(=O)Nc1ccc(F)c(F)c1. The molecule has 0 aliphatic carbocycles. The Hall–Kier alpha value is -2.18. The number of hydrogen-bond acceptors (Lipinski definition) is 2. The van der Waals surface area contributed by atoms with Crippen LogP contribution in [0.2, 0.25) is 0 Å². The van der Waals surface area contributed by atoms with Crippen LogP contribution in [-0.2, 0) is 4.79 Å². The fourth-order valence-electron chi connectivity index (χ4n) is 1.40. The van der Waals surface area contributed by atoms with E-state index in [4.69, 9.17) is 0 Å². The third-order valence-electron chi connectivity index (χ3n) is 2.47. The van der Waals surface area contributed by atoms with E-state index >= 15 is 0 Å². The normalized spacial score (nSPS) is 11.6. The van der Waals surface area contributed by atoms with Gasteiger partial charge in [0.1, 0.15) is 6.04 Å². The Balaban J connectivity index is 2.50. The van der Waals surface area contributed by atoms with Crippen LogP contribution < -0.4 is 16.0 Å². The molecule has 5 nitrogen and oxygen atoms in total. The molecule has 1 atom stereocenters. The number of carbonyl (C=O) groups is 2. The molecule has 0 heterocycles. The van der Waals surface area contributed by atoms with Gasteiger partial charge in [0, 0.05) is 18.3 Å². The van der Waals surface area contributed by atoms with Gasteiger partial charge in [-0.1, -0.05) is 6.92 Å². The summed E-state index contributed by atoms with van der Waals surface area (Å²) in [7, 11) is 0. The molecule has 0 aliphatic rings. The average Bonchev–Trinajstić information content (AvgIpc) is 2.40. The van der Waals surface area contributed by atoms with Gasteiger partial charge in [0.15, 0.2) is 11.6 Å². The summed E-state index contributed by atoms with van der Waals surface area (Å²) >= 11 is 0. The number of halogens is 2. The minimum atomic E-state index is -1.06. The van der Waals surface area contributed by atoms with Crippen molar-refractivity contribution in [2.75, 3.05) is 11.9 Å². The molecule has 0 bridgehead atoms. The smallest absolute Gasteiger partial charge is 0.319 e. The van der Waals surface area contributed by atoms with Crippen LogP contribution in [-0.4, -0.2) is 24.5 Å². The Bertz CT molecular complexity index is 495. The van der Waals surface area contributed by atoms with Crippen molar-refractivity contribution in [1.82, 2.24) is 10.6 Å². The number of anilines is 1. The molecule has 7 heteroatoms. The highest BCUT2D eigenvalue weighted by atomic mass is 19.2. The predicted octanol–water partition coefficient (Wildman–Crippen LogP) is 2.00. The minimum Gasteiger partial charge on any atom is -0.354 e. The summed E-state index contributed by atoms with van der Waals surface area (Å²) in [5.41, 5.74) is 0.0996. The van der Waals surface area contributed by atoms with Gasteiger partial charge in [0.25, 0.3) is 0 Å². The zero-order valence-electron chi connectivity index (χ0n) is 11.3. The summed E-state index contributed by atoms with van der Waals surface area (Å²) < 4.78 is 25.7. The molecule has 1 rings (SSSR count). The molecule has 0 saturated carbocycles. The first kappa shape index (κ1) is 15.9. The van der Waals surface area contributed by atoms with Crippen molar-refractivity contribution in [2.24, 2.45) is 0 Å². The molecule has 110 valence electrons. The lowest BCUT2D eigenvalue weighted by molar-refractivity contribution is -0.122. The number of carbonyl (C=O) groups excluding carboxylic acids is 2. The lowest BCUT2D eigenvalue weighted by Gasteiger charge is -2.14. The third kappa shape index (κ3) is 4.83. The van der Waals surface area contributed by atoms with Crippen molar-refractivity contribution in [3.05, 3.63) is 29.8 Å². The number of rotatable bonds is 5. The Morgan fingerprint density at radius 1 is 1.25 bits per heavy atom. The molecule has 1 unspecified atom stereocenters. The van der Waals surface area contributed by atoms with E-state index in [2.05, 4.69) is 16.0 Å². The van der Waals surface area contributed by atoms with Gasteiger partial charge in [-0.25, -0.2) is 13.6 Å². The van der Waals surface area contributed by atoms with Crippen LogP contribution in [0.1, 0.15) is 20.3 Å².